The van der Waals surface area contributed by atoms with E-state index in [4.69, 9.17) is 0 Å². The molecule has 10 unspecified atom stereocenters. The summed E-state index contributed by atoms with van der Waals surface area (Å²) in [5, 5.41) is 3.29. The van der Waals surface area contributed by atoms with E-state index in [2.05, 4.69) is 5.32 Å². The summed E-state index contributed by atoms with van der Waals surface area (Å²) in [5.41, 5.74) is 0. The molecule has 0 spiro atoms. The topological polar surface area (TPSA) is 29.1 Å². The zero-order valence-corrected chi connectivity index (χ0v) is 10.7. The first-order valence-electron chi connectivity index (χ1n) is 8.13. The number of carbonyl (C=O) groups excluding carboxylic acids is 1. The summed E-state index contributed by atoms with van der Waals surface area (Å²) >= 11 is 0. The third kappa shape index (κ3) is 0.779. The van der Waals surface area contributed by atoms with Gasteiger partial charge in [0.25, 0.3) is 0 Å². The number of hydrogen-bond acceptors (Lipinski definition) is 1. The van der Waals surface area contributed by atoms with Crippen molar-refractivity contribution >= 4 is 5.91 Å². The highest BCUT2D eigenvalue weighted by molar-refractivity contribution is 5.83. The lowest BCUT2D eigenvalue weighted by atomic mass is 9.62. The summed E-state index contributed by atoms with van der Waals surface area (Å²) in [6.07, 6.45) is 7.30. The van der Waals surface area contributed by atoms with E-state index in [1.54, 1.807) is 6.42 Å². The number of hydrogen-bond donors (Lipinski definition) is 1. The van der Waals surface area contributed by atoms with Gasteiger partial charge in [0.15, 0.2) is 0 Å². The van der Waals surface area contributed by atoms with Crippen molar-refractivity contribution in [1.29, 1.82) is 0 Å². The Morgan fingerprint density at radius 2 is 1.56 bits per heavy atom. The fourth-order valence-electron chi connectivity index (χ4n) is 8.13. The van der Waals surface area contributed by atoms with Crippen molar-refractivity contribution in [3.8, 4) is 0 Å². The van der Waals surface area contributed by atoms with Crippen molar-refractivity contribution in [2.24, 2.45) is 53.3 Å². The summed E-state index contributed by atoms with van der Waals surface area (Å²) < 4.78 is 0. The Hall–Kier alpha value is -0.530. The number of carbonyl (C=O) groups is 1. The molecule has 5 saturated carbocycles. The molecule has 2 heteroatoms. The van der Waals surface area contributed by atoms with Gasteiger partial charge in [0.2, 0.25) is 5.91 Å². The van der Waals surface area contributed by atoms with Crippen LogP contribution < -0.4 is 5.32 Å². The van der Waals surface area contributed by atoms with Gasteiger partial charge in [-0.25, -0.2) is 0 Å². The third-order valence-corrected chi connectivity index (χ3v) is 8.11. The minimum absolute atomic E-state index is 0.411. The van der Waals surface area contributed by atoms with Gasteiger partial charge in [0.1, 0.15) is 0 Å². The SMILES string of the molecule is O=C1NC2CC1C1C3CC(C4C5CCC(C5)C34)C21. The van der Waals surface area contributed by atoms with E-state index < -0.39 is 0 Å². The zero-order chi connectivity index (χ0) is 11.6. The van der Waals surface area contributed by atoms with Crippen molar-refractivity contribution in [3.63, 3.8) is 0 Å². The normalized spacial score (nSPS) is 69.7. The average Bonchev–Trinajstić information content (AvgIpc) is 3.14. The van der Waals surface area contributed by atoms with Gasteiger partial charge >= 0.3 is 0 Å². The van der Waals surface area contributed by atoms with Gasteiger partial charge in [0.05, 0.1) is 0 Å². The van der Waals surface area contributed by atoms with E-state index in [-0.39, 0.29) is 0 Å². The van der Waals surface area contributed by atoms with Crippen molar-refractivity contribution in [2.45, 2.75) is 38.1 Å². The smallest absolute Gasteiger partial charge is 0.223 e. The molecule has 96 valence electrons. The quantitative estimate of drug-likeness (QED) is 0.648. The molecule has 1 saturated heterocycles. The molecule has 5 aliphatic carbocycles. The zero-order valence-electron chi connectivity index (χ0n) is 10.7. The van der Waals surface area contributed by atoms with Crippen LogP contribution in [0.4, 0.5) is 0 Å². The number of amides is 1. The maximum atomic E-state index is 12.0. The van der Waals surface area contributed by atoms with E-state index in [0.717, 1.165) is 47.3 Å². The summed E-state index contributed by atoms with van der Waals surface area (Å²) in [6, 6.07) is 0.586. The molecule has 6 aliphatic rings. The Bertz CT molecular complexity index is 460. The van der Waals surface area contributed by atoms with Crippen LogP contribution in [-0.4, -0.2) is 11.9 Å². The average molecular weight is 243 g/mol. The number of rotatable bonds is 0. The molecule has 6 fully saturated rings. The Kier molecular flexibility index (Phi) is 1.39. The largest absolute Gasteiger partial charge is 0.353 e. The van der Waals surface area contributed by atoms with Gasteiger partial charge in [-0.3, -0.25) is 4.79 Å². The fourth-order valence-corrected chi connectivity index (χ4v) is 8.13. The van der Waals surface area contributed by atoms with Crippen LogP contribution in [0.1, 0.15) is 32.1 Å². The van der Waals surface area contributed by atoms with E-state index in [0.29, 0.717) is 17.9 Å². The lowest BCUT2D eigenvalue weighted by Gasteiger charge is -2.44. The molecule has 6 rings (SSSR count). The Balaban J connectivity index is 1.46. The molecule has 18 heavy (non-hydrogen) atoms. The van der Waals surface area contributed by atoms with E-state index in [9.17, 15) is 4.79 Å². The highest BCUT2D eigenvalue weighted by Crippen LogP contribution is 2.74. The van der Waals surface area contributed by atoms with Crippen LogP contribution in [0.25, 0.3) is 0 Å². The van der Waals surface area contributed by atoms with Crippen molar-refractivity contribution in [2.75, 3.05) is 0 Å². The van der Waals surface area contributed by atoms with Gasteiger partial charge in [-0.1, -0.05) is 0 Å². The molecule has 1 N–H and O–H groups in total. The van der Waals surface area contributed by atoms with E-state index >= 15 is 0 Å². The van der Waals surface area contributed by atoms with Gasteiger partial charge < -0.3 is 5.32 Å². The molecule has 0 aromatic rings. The molecule has 1 heterocycles. The summed E-state index contributed by atoms with van der Waals surface area (Å²) in [4.78, 5) is 12.0. The van der Waals surface area contributed by atoms with Gasteiger partial charge in [0, 0.05) is 12.0 Å². The molecular formula is C16H21NO. The van der Waals surface area contributed by atoms with Crippen LogP contribution in [-0.2, 0) is 4.79 Å². The first-order chi connectivity index (χ1) is 8.83. The van der Waals surface area contributed by atoms with Crippen molar-refractivity contribution in [1.82, 2.24) is 5.32 Å². The standard InChI is InChI=1S/C16H21NO/c18-16-10-5-11(17-16)15-9-4-8(14(10)15)12-6-1-2-7(3-6)13(9)12/h6-15H,1-5H2,(H,17,18). The monoisotopic (exact) mass is 243 g/mol. The van der Waals surface area contributed by atoms with Gasteiger partial charge in [-0.2, -0.15) is 0 Å². The van der Waals surface area contributed by atoms with Crippen LogP contribution in [0.3, 0.4) is 0 Å². The van der Waals surface area contributed by atoms with Gasteiger partial charge in [-0.15, -0.1) is 0 Å². The first-order valence-corrected chi connectivity index (χ1v) is 8.13. The molecule has 1 amide bonds. The predicted molar refractivity (Wildman–Crippen MR) is 66.4 cm³/mol. The van der Waals surface area contributed by atoms with Crippen LogP contribution in [0.2, 0.25) is 0 Å². The minimum atomic E-state index is 0.411. The van der Waals surface area contributed by atoms with Crippen molar-refractivity contribution < 1.29 is 4.79 Å². The van der Waals surface area contributed by atoms with Crippen LogP contribution in [0.15, 0.2) is 0 Å². The van der Waals surface area contributed by atoms with Crippen molar-refractivity contribution in [3.05, 3.63) is 0 Å². The Morgan fingerprint density at radius 3 is 2.33 bits per heavy atom. The maximum absolute atomic E-state index is 12.0. The summed E-state index contributed by atoms with van der Waals surface area (Å²) in [6.45, 7) is 0. The lowest BCUT2D eigenvalue weighted by Crippen LogP contribution is -2.49. The highest BCUT2D eigenvalue weighted by atomic mass is 16.2. The molecular weight excluding hydrogens is 222 g/mol. The molecule has 1 aliphatic heterocycles. The molecule has 0 aromatic carbocycles. The third-order valence-electron chi connectivity index (χ3n) is 8.11. The Labute approximate surface area is 108 Å². The molecule has 0 radical (unpaired) electrons. The maximum Gasteiger partial charge on any atom is 0.223 e. The predicted octanol–water partition coefficient (Wildman–Crippen LogP) is 2.05. The summed E-state index contributed by atoms with van der Waals surface area (Å²) in [5.74, 6) is 8.82. The Morgan fingerprint density at radius 1 is 0.833 bits per heavy atom. The number of fused-ring (bicyclic) bond motifs is 16. The lowest BCUT2D eigenvalue weighted by molar-refractivity contribution is -0.128. The van der Waals surface area contributed by atoms with E-state index in [1.807, 2.05) is 0 Å². The second kappa shape index (κ2) is 2.66. The second-order valence-corrected chi connectivity index (χ2v) is 8.16. The highest BCUT2D eigenvalue weighted by Gasteiger charge is 2.71. The van der Waals surface area contributed by atoms with Crippen LogP contribution >= 0.6 is 0 Å². The molecule has 6 bridgehead atoms. The fraction of sp³-hybridized carbons (Fsp3) is 0.938. The van der Waals surface area contributed by atoms with Crippen LogP contribution in [0.5, 0.6) is 0 Å². The number of nitrogens with one attached hydrogen (secondary N) is 1. The van der Waals surface area contributed by atoms with Crippen LogP contribution in [0, 0.1) is 53.3 Å². The van der Waals surface area contributed by atoms with Gasteiger partial charge in [-0.05, 0) is 79.4 Å². The molecule has 0 aromatic heterocycles. The molecule has 2 nitrogen and oxygen atoms in total. The minimum Gasteiger partial charge on any atom is -0.353 e. The first kappa shape index (κ1) is 9.39. The molecule has 10 atom stereocenters. The van der Waals surface area contributed by atoms with E-state index in [1.165, 1.54) is 25.7 Å². The second-order valence-electron chi connectivity index (χ2n) is 8.16. The number of piperidine rings is 1. The summed E-state index contributed by atoms with van der Waals surface area (Å²) in [7, 11) is 0.